The SMILES string of the molecule is CCCCCCCCCCCCN(CCCCCCCCCCCC)CCN(CCCCCCCCCCCC)CCN1CCN(CCN(CCCCCCCCCCCC(=O)O)C(C)(C)CCCCCCCCCCC(=O)O)CC1. The molecule has 9 nitrogen and oxygen atoms in total. The van der Waals surface area contributed by atoms with Crippen molar-refractivity contribution in [2.45, 2.75) is 361 Å². The minimum absolute atomic E-state index is 0.197. The predicted molar refractivity (Wildman–Crippen MR) is 355 cm³/mol. The fourth-order valence-electron chi connectivity index (χ4n) is 12.8. The summed E-state index contributed by atoms with van der Waals surface area (Å²) in [5.74, 6) is -1.32. The number of nitrogens with zero attached hydrogens (tertiary/aromatic N) is 5. The molecule has 0 aromatic carbocycles. The average molecular weight is 1140 g/mol. The molecular formula is C72H145N5O4. The number of unbranched alkanes of at least 4 members (excludes halogenated alkanes) is 42. The molecule has 0 atom stereocenters. The fourth-order valence-corrected chi connectivity index (χ4v) is 12.8. The first-order valence-corrected chi connectivity index (χ1v) is 36.7. The summed E-state index contributed by atoms with van der Waals surface area (Å²) < 4.78 is 0. The highest BCUT2D eigenvalue weighted by Gasteiger charge is 2.27. The molecule has 1 aliphatic rings. The molecule has 0 saturated carbocycles. The summed E-state index contributed by atoms with van der Waals surface area (Å²) in [5.41, 5.74) is 0.197. The van der Waals surface area contributed by atoms with Gasteiger partial charge < -0.3 is 20.0 Å². The van der Waals surface area contributed by atoms with Gasteiger partial charge in [0.15, 0.2) is 0 Å². The molecule has 0 aliphatic carbocycles. The molecular weight excluding hydrogens is 999 g/mol. The lowest BCUT2D eigenvalue weighted by atomic mass is 9.93. The normalized spacial score (nSPS) is 13.7. The highest BCUT2D eigenvalue weighted by Crippen LogP contribution is 2.25. The van der Waals surface area contributed by atoms with Crippen LogP contribution in [0.3, 0.4) is 0 Å². The molecule has 9 heteroatoms. The Morgan fingerprint density at radius 3 is 0.864 bits per heavy atom. The molecule has 0 unspecified atom stereocenters. The molecule has 1 aliphatic heterocycles. The molecule has 1 rings (SSSR count). The van der Waals surface area contributed by atoms with E-state index >= 15 is 0 Å². The van der Waals surface area contributed by atoms with Crippen molar-refractivity contribution in [2.75, 3.05) is 91.6 Å². The summed E-state index contributed by atoms with van der Waals surface area (Å²) in [7, 11) is 0. The minimum atomic E-state index is -0.661. The smallest absolute Gasteiger partial charge is 0.303 e. The zero-order valence-corrected chi connectivity index (χ0v) is 55.7. The Hall–Kier alpha value is -1.26. The van der Waals surface area contributed by atoms with Crippen LogP contribution in [0.4, 0.5) is 0 Å². The lowest BCUT2D eigenvalue weighted by molar-refractivity contribution is -0.138. The van der Waals surface area contributed by atoms with Crippen LogP contribution >= 0.6 is 0 Å². The zero-order valence-electron chi connectivity index (χ0n) is 55.7. The van der Waals surface area contributed by atoms with Crippen molar-refractivity contribution in [3.05, 3.63) is 0 Å². The van der Waals surface area contributed by atoms with E-state index in [4.69, 9.17) is 10.2 Å². The monoisotopic (exact) mass is 1140 g/mol. The van der Waals surface area contributed by atoms with Crippen molar-refractivity contribution in [1.82, 2.24) is 24.5 Å². The van der Waals surface area contributed by atoms with Crippen LogP contribution in [0.1, 0.15) is 356 Å². The average Bonchev–Trinajstić information content (AvgIpc) is 3.45. The van der Waals surface area contributed by atoms with Gasteiger partial charge in [-0.3, -0.25) is 24.3 Å². The molecule has 0 bridgehead atoms. The van der Waals surface area contributed by atoms with E-state index in [1.54, 1.807) is 0 Å². The lowest BCUT2D eigenvalue weighted by Crippen LogP contribution is -2.52. The minimum Gasteiger partial charge on any atom is -0.481 e. The third-order valence-electron chi connectivity index (χ3n) is 18.7. The van der Waals surface area contributed by atoms with Gasteiger partial charge in [0, 0.05) is 83.8 Å². The van der Waals surface area contributed by atoms with E-state index in [2.05, 4.69) is 59.1 Å². The van der Waals surface area contributed by atoms with Crippen LogP contribution in [-0.2, 0) is 9.59 Å². The summed E-state index contributed by atoms with van der Waals surface area (Å²) in [5, 5.41) is 17.9. The Balaban J connectivity index is 2.82. The molecule has 2 N–H and O–H groups in total. The highest BCUT2D eigenvalue weighted by molar-refractivity contribution is 5.66. The summed E-state index contributed by atoms with van der Waals surface area (Å²) >= 11 is 0. The standard InChI is InChI=1S/C72H145N5O4/c1-6-9-12-15-18-21-28-35-42-49-56-73(57-50-43-36-29-22-19-16-13-10-7-2)60-61-74(58-51-44-37-30-23-20-17-14-11-8-3)62-63-75-64-66-76(67-65-75)68-69-77(59-52-45-38-31-24-25-32-39-46-53-70(78)79)72(4,5)55-48-41-34-27-26-33-40-47-54-71(80)81/h6-69H2,1-5H3,(H,78,79)(H,80,81). The number of piperazine rings is 1. The number of carboxylic acids is 2. The van der Waals surface area contributed by atoms with E-state index in [0.717, 1.165) is 25.7 Å². The molecule has 0 spiro atoms. The third kappa shape index (κ3) is 52.8. The van der Waals surface area contributed by atoms with E-state index in [9.17, 15) is 9.59 Å². The van der Waals surface area contributed by atoms with Gasteiger partial charge in [-0.05, 0) is 85.0 Å². The van der Waals surface area contributed by atoms with E-state index in [1.165, 1.54) is 374 Å². The van der Waals surface area contributed by atoms with Crippen molar-refractivity contribution >= 4 is 11.9 Å². The summed E-state index contributed by atoms with van der Waals surface area (Å²) in [4.78, 5) is 36.0. The first-order valence-electron chi connectivity index (χ1n) is 36.7. The number of carboxylic acid groups (broad SMARTS) is 2. The largest absolute Gasteiger partial charge is 0.481 e. The van der Waals surface area contributed by atoms with Gasteiger partial charge in [0.05, 0.1) is 0 Å². The van der Waals surface area contributed by atoms with Gasteiger partial charge in [-0.15, -0.1) is 0 Å². The quantitative estimate of drug-likeness (QED) is 0.0578. The number of aliphatic carboxylic acids is 2. The maximum Gasteiger partial charge on any atom is 0.303 e. The van der Waals surface area contributed by atoms with Gasteiger partial charge in [-0.1, -0.05) is 284 Å². The Labute approximate surface area is 506 Å². The third-order valence-corrected chi connectivity index (χ3v) is 18.7. The molecule has 0 aromatic heterocycles. The molecule has 0 aromatic rings. The Kier molecular flexibility index (Phi) is 56.7. The Morgan fingerprint density at radius 1 is 0.309 bits per heavy atom. The topological polar surface area (TPSA) is 90.8 Å². The number of carbonyl (C=O) groups is 2. The summed E-state index contributed by atoms with van der Waals surface area (Å²) in [6.45, 7) is 29.2. The van der Waals surface area contributed by atoms with Crippen LogP contribution in [0.15, 0.2) is 0 Å². The van der Waals surface area contributed by atoms with Gasteiger partial charge in [-0.25, -0.2) is 0 Å². The van der Waals surface area contributed by atoms with Crippen LogP contribution in [0.2, 0.25) is 0 Å². The van der Waals surface area contributed by atoms with Crippen LogP contribution in [-0.4, -0.2) is 144 Å². The molecule has 482 valence electrons. The summed E-state index contributed by atoms with van der Waals surface area (Å²) in [6, 6.07) is 0. The van der Waals surface area contributed by atoms with Crippen LogP contribution in [0, 0.1) is 0 Å². The first-order chi connectivity index (χ1) is 39.6. The molecule has 1 fully saturated rings. The first kappa shape index (κ1) is 77.8. The van der Waals surface area contributed by atoms with E-state index in [1.807, 2.05) is 0 Å². The van der Waals surface area contributed by atoms with E-state index in [-0.39, 0.29) is 5.54 Å². The van der Waals surface area contributed by atoms with Crippen LogP contribution in [0.5, 0.6) is 0 Å². The van der Waals surface area contributed by atoms with Crippen molar-refractivity contribution < 1.29 is 19.8 Å². The van der Waals surface area contributed by atoms with Crippen molar-refractivity contribution in [2.24, 2.45) is 0 Å². The van der Waals surface area contributed by atoms with Crippen molar-refractivity contribution in [1.29, 1.82) is 0 Å². The van der Waals surface area contributed by atoms with Gasteiger partial charge in [0.2, 0.25) is 0 Å². The number of hydrogen-bond donors (Lipinski definition) is 2. The van der Waals surface area contributed by atoms with E-state index in [0.29, 0.717) is 12.8 Å². The fraction of sp³-hybridized carbons (Fsp3) is 0.972. The Bertz CT molecular complexity index is 1290. The molecule has 0 radical (unpaired) electrons. The molecule has 1 heterocycles. The second-order valence-corrected chi connectivity index (χ2v) is 26.8. The van der Waals surface area contributed by atoms with Crippen molar-refractivity contribution in [3.8, 4) is 0 Å². The van der Waals surface area contributed by atoms with Gasteiger partial charge >= 0.3 is 11.9 Å². The highest BCUT2D eigenvalue weighted by atomic mass is 16.4. The summed E-state index contributed by atoms with van der Waals surface area (Å²) in [6.07, 6.45) is 64.6. The van der Waals surface area contributed by atoms with E-state index < -0.39 is 11.9 Å². The second kappa shape index (κ2) is 59.1. The lowest BCUT2D eigenvalue weighted by Gasteiger charge is -2.42. The van der Waals surface area contributed by atoms with Crippen molar-refractivity contribution in [3.63, 3.8) is 0 Å². The Morgan fingerprint density at radius 2 is 0.556 bits per heavy atom. The second-order valence-electron chi connectivity index (χ2n) is 26.8. The van der Waals surface area contributed by atoms with Crippen LogP contribution < -0.4 is 0 Å². The molecule has 81 heavy (non-hydrogen) atoms. The molecule has 0 amide bonds. The van der Waals surface area contributed by atoms with Gasteiger partial charge in [-0.2, -0.15) is 0 Å². The molecule has 1 saturated heterocycles. The van der Waals surface area contributed by atoms with Gasteiger partial charge in [0.1, 0.15) is 0 Å². The van der Waals surface area contributed by atoms with Crippen LogP contribution in [0.25, 0.3) is 0 Å². The maximum atomic E-state index is 10.9. The zero-order chi connectivity index (χ0) is 58.8. The number of hydrogen-bond acceptors (Lipinski definition) is 7. The predicted octanol–water partition coefficient (Wildman–Crippen LogP) is 20.0. The number of rotatable bonds is 66. The maximum absolute atomic E-state index is 10.9. The van der Waals surface area contributed by atoms with Gasteiger partial charge in [0.25, 0.3) is 0 Å².